The van der Waals surface area contributed by atoms with Gasteiger partial charge in [0.2, 0.25) is 0 Å². The van der Waals surface area contributed by atoms with Gasteiger partial charge in [-0.05, 0) is 35.8 Å². The molecule has 1 aromatic carbocycles. The molecular weight excluding hydrogens is 304 g/mol. The number of thiol groups is 1. The third kappa shape index (κ3) is 4.90. The summed E-state index contributed by atoms with van der Waals surface area (Å²) < 4.78 is 1.49. The van der Waals surface area contributed by atoms with Crippen LogP contribution < -0.4 is 9.62 Å². The Morgan fingerprint density at radius 2 is 1.57 bits per heavy atom. The quantitative estimate of drug-likeness (QED) is 0.639. The minimum atomic E-state index is -0.156. The van der Waals surface area contributed by atoms with E-state index in [-0.39, 0.29) is 12.1 Å². The van der Waals surface area contributed by atoms with E-state index < -0.39 is 0 Å². The number of carbonyl (C=O) groups excluding carboxylic acids is 1. The number of anilines is 1. The first-order valence-electron chi connectivity index (χ1n) is 8.62. The van der Waals surface area contributed by atoms with Crippen molar-refractivity contribution < 1.29 is 4.79 Å². The van der Waals surface area contributed by atoms with Crippen molar-refractivity contribution in [2.45, 2.75) is 72.8 Å². The summed E-state index contributed by atoms with van der Waals surface area (Å²) in [7, 11) is 0. The second-order valence-corrected chi connectivity index (χ2v) is 7.43. The molecule has 4 heteroatoms. The van der Waals surface area contributed by atoms with Crippen molar-refractivity contribution >= 4 is 24.5 Å². The molecule has 0 aliphatic heterocycles. The molecule has 0 saturated carbocycles. The van der Waals surface area contributed by atoms with Crippen LogP contribution in [0.2, 0.25) is 0 Å². The highest BCUT2D eigenvalue weighted by molar-refractivity contribution is 7.82. The summed E-state index contributed by atoms with van der Waals surface area (Å²) in [4.78, 5) is 12.7. The molecule has 2 atom stereocenters. The molecule has 0 aliphatic carbocycles. The van der Waals surface area contributed by atoms with E-state index in [1.165, 1.54) is 4.31 Å². The zero-order valence-electron chi connectivity index (χ0n) is 15.6. The molecule has 1 rings (SSSR count). The summed E-state index contributed by atoms with van der Waals surface area (Å²) in [6, 6.07) is 6.20. The summed E-state index contributed by atoms with van der Waals surface area (Å²) in [6.07, 6.45) is 1.04. The van der Waals surface area contributed by atoms with E-state index in [9.17, 15) is 4.79 Å². The number of nitrogens with one attached hydrogen (secondary N) is 1. The normalized spacial score (nSPS) is 14.0. The van der Waals surface area contributed by atoms with E-state index in [1.807, 2.05) is 6.92 Å². The zero-order valence-corrected chi connectivity index (χ0v) is 16.4. The standard InChI is InChI=1S/C19H32N2OS/c1-8-14(6)15(7)20-19(22)21(23)18-16(12(2)3)10-9-11-17(18)13(4)5/h9-15,23H,8H2,1-7H3,(H,20,22). The molecule has 0 saturated heterocycles. The van der Waals surface area contributed by atoms with E-state index in [2.05, 4.69) is 77.9 Å². The van der Waals surface area contributed by atoms with Crippen LogP contribution in [0.25, 0.3) is 0 Å². The zero-order chi connectivity index (χ0) is 17.7. The second-order valence-electron chi connectivity index (χ2n) is 7.03. The number of para-hydroxylation sites is 1. The third-order valence-corrected chi connectivity index (χ3v) is 4.98. The number of nitrogens with zero attached hydrogens (tertiary/aromatic N) is 1. The number of hydrogen-bond donors (Lipinski definition) is 2. The van der Waals surface area contributed by atoms with Gasteiger partial charge in [0.25, 0.3) is 0 Å². The van der Waals surface area contributed by atoms with Crippen molar-refractivity contribution in [3.8, 4) is 0 Å². The van der Waals surface area contributed by atoms with Crippen LogP contribution in [0.1, 0.15) is 77.8 Å². The van der Waals surface area contributed by atoms with Gasteiger partial charge in [0, 0.05) is 6.04 Å². The number of carbonyl (C=O) groups is 1. The van der Waals surface area contributed by atoms with Gasteiger partial charge < -0.3 is 5.32 Å². The van der Waals surface area contributed by atoms with Crippen LogP contribution in [0.5, 0.6) is 0 Å². The number of benzene rings is 1. The van der Waals surface area contributed by atoms with Crippen molar-refractivity contribution in [3.05, 3.63) is 29.3 Å². The molecule has 0 aromatic heterocycles. The van der Waals surface area contributed by atoms with E-state index >= 15 is 0 Å². The molecule has 0 radical (unpaired) electrons. The van der Waals surface area contributed by atoms with Crippen LogP contribution >= 0.6 is 12.8 Å². The van der Waals surface area contributed by atoms with E-state index in [1.54, 1.807) is 0 Å². The number of urea groups is 1. The highest BCUT2D eigenvalue weighted by Crippen LogP contribution is 2.36. The Balaban J connectivity index is 3.15. The summed E-state index contributed by atoms with van der Waals surface area (Å²) >= 11 is 4.54. The summed E-state index contributed by atoms with van der Waals surface area (Å²) in [5, 5.41) is 3.07. The fraction of sp³-hybridized carbons (Fsp3) is 0.632. The minimum absolute atomic E-state index is 0.121. The van der Waals surface area contributed by atoms with Gasteiger partial charge in [0.15, 0.2) is 0 Å². The average Bonchev–Trinajstić information content (AvgIpc) is 2.51. The van der Waals surface area contributed by atoms with Crippen LogP contribution in [0.15, 0.2) is 18.2 Å². The molecule has 0 bridgehead atoms. The lowest BCUT2D eigenvalue weighted by molar-refractivity contribution is 0.242. The predicted octanol–water partition coefficient (Wildman–Crippen LogP) is 5.73. The number of rotatable bonds is 6. The molecule has 0 fully saturated rings. The second kappa shape index (κ2) is 8.62. The molecule has 0 aliphatic rings. The molecule has 1 N–H and O–H groups in total. The molecule has 23 heavy (non-hydrogen) atoms. The number of hydrogen-bond acceptors (Lipinski definition) is 2. The average molecular weight is 337 g/mol. The minimum Gasteiger partial charge on any atom is -0.334 e. The van der Waals surface area contributed by atoms with Crippen molar-refractivity contribution in [1.29, 1.82) is 0 Å². The lowest BCUT2D eigenvalue weighted by Crippen LogP contribution is -2.43. The third-order valence-electron chi connectivity index (χ3n) is 4.60. The van der Waals surface area contributed by atoms with E-state index in [0.29, 0.717) is 17.8 Å². The highest BCUT2D eigenvalue weighted by atomic mass is 32.1. The van der Waals surface area contributed by atoms with Crippen molar-refractivity contribution in [3.63, 3.8) is 0 Å². The van der Waals surface area contributed by atoms with Crippen molar-refractivity contribution in [2.75, 3.05) is 4.31 Å². The molecular formula is C19H32N2OS. The molecule has 2 unspecified atom stereocenters. The van der Waals surface area contributed by atoms with Crippen LogP contribution in [0.3, 0.4) is 0 Å². The Bertz CT molecular complexity index is 502. The van der Waals surface area contributed by atoms with Gasteiger partial charge in [0.1, 0.15) is 0 Å². The van der Waals surface area contributed by atoms with Crippen LogP contribution in [-0.4, -0.2) is 12.1 Å². The summed E-state index contributed by atoms with van der Waals surface area (Å²) in [5.74, 6) is 1.10. The Hall–Kier alpha value is -1.16. The first-order chi connectivity index (χ1) is 10.7. The fourth-order valence-corrected chi connectivity index (χ4v) is 2.90. The summed E-state index contributed by atoms with van der Waals surface area (Å²) in [5.41, 5.74) is 3.23. The Morgan fingerprint density at radius 3 is 1.96 bits per heavy atom. The van der Waals surface area contributed by atoms with Gasteiger partial charge in [-0.25, -0.2) is 9.10 Å². The lowest BCUT2D eigenvalue weighted by Gasteiger charge is -2.28. The lowest BCUT2D eigenvalue weighted by atomic mass is 9.92. The first kappa shape index (κ1) is 19.9. The SMILES string of the molecule is CCC(C)C(C)NC(=O)N(S)c1c(C(C)C)cccc1C(C)C. The Kier molecular flexibility index (Phi) is 7.46. The molecule has 0 heterocycles. The highest BCUT2D eigenvalue weighted by Gasteiger charge is 2.23. The van der Waals surface area contributed by atoms with Crippen molar-refractivity contribution in [2.24, 2.45) is 5.92 Å². The maximum atomic E-state index is 12.7. The van der Waals surface area contributed by atoms with Gasteiger partial charge in [-0.2, -0.15) is 0 Å². The van der Waals surface area contributed by atoms with E-state index in [4.69, 9.17) is 0 Å². The molecule has 1 aromatic rings. The maximum Gasteiger partial charge on any atom is 0.332 e. The number of amides is 2. The van der Waals surface area contributed by atoms with Gasteiger partial charge in [0.05, 0.1) is 5.69 Å². The smallest absolute Gasteiger partial charge is 0.332 e. The largest absolute Gasteiger partial charge is 0.334 e. The molecule has 2 amide bonds. The maximum absolute atomic E-state index is 12.7. The van der Waals surface area contributed by atoms with Gasteiger partial charge in [-0.15, -0.1) is 0 Å². The monoisotopic (exact) mass is 336 g/mol. The summed E-state index contributed by atoms with van der Waals surface area (Å²) in [6.45, 7) is 14.9. The molecule has 130 valence electrons. The Labute approximate surface area is 147 Å². The van der Waals surface area contributed by atoms with Crippen LogP contribution in [-0.2, 0) is 0 Å². The van der Waals surface area contributed by atoms with E-state index in [0.717, 1.165) is 23.2 Å². The molecule has 0 spiro atoms. The van der Waals surface area contributed by atoms with Crippen LogP contribution in [0, 0.1) is 5.92 Å². The van der Waals surface area contributed by atoms with Gasteiger partial charge in [-0.1, -0.05) is 79.0 Å². The van der Waals surface area contributed by atoms with Crippen LogP contribution in [0.4, 0.5) is 10.5 Å². The van der Waals surface area contributed by atoms with Gasteiger partial charge in [-0.3, -0.25) is 0 Å². The molecule has 3 nitrogen and oxygen atoms in total. The Morgan fingerprint density at radius 1 is 1.09 bits per heavy atom. The van der Waals surface area contributed by atoms with Gasteiger partial charge >= 0.3 is 6.03 Å². The first-order valence-corrected chi connectivity index (χ1v) is 9.02. The predicted molar refractivity (Wildman–Crippen MR) is 104 cm³/mol. The van der Waals surface area contributed by atoms with Crippen molar-refractivity contribution in [1.82, 2.24) is 5.32 Å². The fourth-order valence-electron chi connectivity index (χ4n) is 2.61. The topological polar surface area (TPSA) is 32.3 Å².